The summed E-state index contributed by atoms with van der Waals surface area (Å²) in [5.74, 6) is -0.720. The molecule has 2 heterocycles. The number of halogens is 3. The Morgan fingerprint density at radius 1 is 1.26 bits per heavy atom. The van der Waals surface area contributed by atoms with Crippen LogP contribution in [0.3, 0.4) is 0 Å². The lowest BCUT2D eigenvalue weighted by molar-refractivity contribution is -0.213. The Morgan fingerprint density at radius 3 is 2.70 bits per heavy atom. The van der Waals surface area contributed by atoms with Crippen LogP contribution in [0.2, 0.25) is 0 Å². The number of carbonyl (C=O) groups excluding carboxylic acids is 1. The number of carbonyl (C=O) groups is 1. The van der Waals surface area contributed by atoms with Gasteiger partial charge in [0.2, 0.25) is 0 Å². The lowest BCUT2D eigenvalue weighted by atomic mass is 9.59. The minimum atomic E-state index is -4.56. The molecule has 0 amide bonds. The van der Waals surface area contributed by atoms with E-state index in [9.17, 15) is 18.0 Å². The maximum Gasteiger partial charge on any atom is 0.433 e. The standard InChI is InChI=1S/C19H23F3N2O3/c1-9-23-13-5-4-10(8-12(13)14(24-9)19(20,21)22)17(25)27-16-11-6-7-26-15(11)18(16,2)3/h10-11,15-16H,4-8H2,1-3H3/t10-,11-,15+,16-/m1/s1. The average molecular weight is 384 g/mol. The van der Waals surface area contributed by atoms with Gasteiger partial charge in [-0.1, -0.05) is 13.8 Å². The topological polar surface area (TPSA) is 61.3 Å². The summed E-state index contributed by atoms with van der Waals surface area (Å²) in [7, 11) is 0. The van der Waals surface area contributed by atoms with E-state index in [1.165, 1.54) is 6.92 Å². The van der Waals surface area contributed by atoms with Crippen LogP contribution in [-0.2, 0) is 33.3 Å². The number of aromatic nitrogens is 2. The van der Waals surface area contributed by atoms with Gasteiger partial charge >= 0.3 is 12.1 Å². The summed E-state index contributed by atoms with van der Waals surface area (Å²) in [6.07, 6.45) is -3.12. The van der Waals surface area contributed by atoms with Crippen molar-refractivity contribution in [3.8, 4) is 0 Å². The number of rotatable bonds is 2. The molecule has 1 saturated heterocycles. The lowest BCUT2D eigenvalue weighted by Crippen LogP contribution is -2.61. The Bertz CT molecular complexity index is 778. The van der Waals surface area contributed by atoms with Crippen molar-refractivity contribution < 1.29 is 27.4 Å². The lowest BCUT2D eigenvalue weighted by Gasteiger charge is -2.53. The molecule has 1 aromatic rings. The normalized spacial score (nSPS) is 31.6. The van der Waals surface area contributed by atoms with E-state index in [0.29, 0.717) is 25.1 Å². The molecule has 2 aliphatic carbocycles. The second-order valence-electron chi connectivity index (χ2n) is 8.40. The fraction of sp³-hybridized carbons (Fsp3) is 0.737. The molecule has 0 aromatic carbocycles. The second-order valence-corrected chi connectivity index (χ2v) is 8.40. The number of alkyl halides is 3. The summed E-state index contributed by atoms with van der Waals surface area (Å²) in [6.45, 7) is 6.13. The van der Waals surface area contributed by atoms with Crippen LogP contribution in [0.5, 0.6) is 0 Å². The smallest absolute Gasteiger partial charge is 0.433 e. The molecule has 1 aromatic heterocycles. The monoisotopic (exact) mass is 384 g/mol. The zero-order valence-corrected chi connectivity index (χ0v) is 15.6. The third-order valence-electron chi connectivity index (χ3n) is 6.22. The number of esters is 1. The van der Waals surface area contributed by atoms with Gasteiger partial charge in [-0.15, -0.1) is 0 Å². The van der Waals surface area contributed by atoms with Crippen LogP contribution in [0, 0.1) is 24.2 Å². The molecule has 4 atom stereocenters. The summed E-state index contributed by atoms with van der Waals surface area (Å²) < 4.78 is 51.6. The maximum absolute atomic E-state index is 13.4. The predicted octanol–water partition coefficient (Wildman–Crippen LogP) is 3.27. The van der Waals surface area contributed by atoms with Crippen molar-refractivity contribution in [3.05, 3.63) is 22.8 Å². The van der Waals surface area contributed by atoms with Crippen molar-refractivity contribution in [2.45, 2.75) is 64.8 Å². The first-order valence-corrected chi connectivity index (χ1v) is 9.34. The van der Waals surface area contributed by atoms with Crippen molar-refractivity contribution in [2.75, 3.05) is 6.61 Å². The molecule has 2 fully saturated rings. The fourth-order valence-corrected chi connectivity index (χ4v) is 4.91. The van der Waals surface area contributed by atoms with Crippen LogP contribution in [0.4, 0.5) is 13.2 Å². The second kappa shape index (κ2) is 6.15. The van der Waals surface area contributed by atoms with Crippen molar-refractivity contribution in [2.24, 2.45) is 17.3 Å². The van der Waals surface area contributed by atoms with Gasteiger partial charge < -0.3 is 9.47 Å². The quantitative estimate of drug-likeness (QED) is 0.733. The first-order valence-electron chi connectivity index (χ1n) is 9.34. The summed E-state index contributed by atoms with van der Waals surface area (Å²) in [5.41, 5.74) is -0.750. The van der Waals surface area contributed by atoms with Gasteiger partial charge in [-0.05, 0) is 32.6 Å². The van der Waals surface area contributed by atoms with Crippen LogP contribution in [-0.4, -0.2) is 34.8 Å². The van der Waals surface area contributed by atoms with Gasteiger partial charge in [-0.2, -0.15) is 13.2 Å². The molecule has 0 bridgehead atoms. The molecule has 4 rings (SSSR count). The van der Waals surface area contributed by atoms with Crippen LogP contribution in [0.1, 0.15) is 49.5 Å². The highest BCUT2D eigenvalue weighted by Gasteiger charge is 2.61. The zero-order valence-electron chi connectivity index (χ0n) is 15.6. The number of hydrogen-bond acceptors (Lipinski definition) is 5. The SMILES string of the molecule is Cc1nc2c(c(C(F)(F)F)n1)C[C@H](C(=O)O[C@@H]1[C@@H]3CCO[C@@H]3C1(C)C)CC2. The molecule has 27 heavy (non-hydrogen) atoms. The number of nitrogens with zero attached hydrogens (tertiary/aromatic N) is 2. The van der Waals surface area contributed by atoms with Gasteiger partial charge in [0.05, 0.1) is 12.0 Å². The maximum atomic E-state index is 13.4. The Morgan fingerprint density at radius 2 is 2.00 bits per heavy atom. The van der Waals surface area contributed by atoms with Gasteiger partial charge in [-0.25, -0.2) is 9.97 Å². The van der Waals surface area contributed by atoms with Crippen LogP contribution >= 0.6 is 0 Å². The van der Waals surface area contributed by atoms with Crippen molar-refractivity contribution in [1.29, 1.82) is 0 Å². The van der Waals surface area contributed by atoms with Crippen molar-refractivity contribution >= 4 is 5.97 Å². The van der Waals surface area contributed by atoms with Crippen LogP contribution < -0.4 is 0 Å². The molecule has 0 spiro atoms. The van der Waals surface area contributed by atoms with Crippen LogP contribution in [0.15, 0.2) is 0 Å². The molecule has 0 N–H and O–H groups in total. The molecular formula is C19H23F3N2O3. The van der Waals surface area contributed by atoms with Crippen molar-refractivity contribution in [3.63, 3.8) is 0 Å². The van der Waals surface area contributed by atoms with Gasteiger partial charge in [-0.3, -0.25) is 4.79 Å². The highest BCUT2D eigenvalue weighted by molar-refractivity contribution is 5.74. The van der Waals surface area contributed by atoms with E-state index in [2.05, 4.69) is 9.97 Å². The fourth-order valence-electron chi connectivity index (χ4n) is 4.91. The van der Waals surface area contributed by atoms with E-state index in [1.807, 2.05) is 13.8 Å². The van der Waals surface area contributed by atoms with E-state index in [0.717, 1.165) is 6.42 Å². The molecule has 5 nitrogen and oxygen atoms in total. The highest BCUT2D eigenvalue weighted by atomic mass is 19.4. The Hall–Kier alpha value is -1.70. The minimum Gasteiger partial charge on any atom is -0.461 e. The minimum absolute atomic E-state index is 0.0268. The molecule has 1 saturated carbocycles. The Labute approximate surface area is 155 Å². The Kier molecular flexibility index (Phi) is 4.25. The summed E-state index contributed by atoms with van der Waals surface area (Å²) in [4.78, 5) is 20.5. The average Bonchev–Trinajstić information content (AvgIpc) is 3.04. The summed E-state index contributed by atoms with van der Waals surface area (Å²) >= 11 is 0. The van der Waals surface area contributed by atoms with Gasteiger partial charge in [0.25, 0.3) is 0 Å². The molecule has 0 unspecified atom stereocenters. The third kappa shape index (κ3) is 3.02. The summed E-state index contributed by atoms with van der Waals surface area (Å²) in [6, 6.07) is 0. The first-order chi connectivity index (χ1) is 12.6. The predicted molar refractivity (Wildman–Crippen MR) is 88.8 cm³/mol. The number of hydrogen-bond donors (Lipinski definition) is 0. The van der Waals surface area contributed by atoms with Crippen molar-refractivity contribution in [1.82, 2.24) is 9.97 Å². The largest absolute Gasteiger partial charge is 0.461 e. The van der Waals surface area contributed by atoms with Gasteiger partial charge in [0.15, 0.2) is 5.69 Å². The number of aryl methyl sites for hydroxylation is 2. The van der Waals surface area contributed by atoms with E-state index < -0.39 is 23.8 Å². The zero-order chi connectivity index (χ0) is 19.6. The summed E-state index contributed by atoms with van der Waals surface area (Å²) in [5, 5.41) is 0. The van der Waals surface area contributed by atoms with E-state index in [-0.39, 0.29) is 41.3 Å². The van der Waals surface area contributed by atoms with E-state index in [1.54, 1.807) is 0 Å². The first kappa shape index (κ1) is 18.7. The van der Waals surface area contributed by atoms with Gasteiger partial charge in [0, 0.05) is 29.2 Å². The third-order valence-corrected chi connectivity index (χ3v) is 6.22. The van der Waals surface area contributed by atoms with E-state index in [4.69, 9.17) is 9.47 Å². The van der Waals surface area contributed by atoms with Gasteiger partial charge in [0.1, 0.15) is 11.9 Å². The van der Waals surface area contributed by atoms with Crippen LogP contribution in [0.25, 0.3) is 0 Å². The molecular weight excluding hydrogens is 361 g/mol. The number of fused-ring (bicyclic) bond motifs is 2. The number of ether oxygens (including phenoxy) is 2. The molecule has 3 aliphatic rings. The highest BCUT2D eigenvalue weighted by Crippen LogP contribution is 2.54. The molecule has 148 valence electrons. The molecule has 8 heteroatoms. The van der Waals surface area contributed by atoms with E-state index >= 15 is 0 Å². The molecule has 1 aliphatic heterocycles. The molecule has 0 radical (unpaired) electrons. The Balaban J connectivity index is 1.52.